The fourth-order valence-electron chi connectivity index (χ4n) is 0.997. The fourth-order valence-corrected chi connectivity index (χ4v) is 0.997. The van der Waals surface area contributed by atoms with Crippen molar-refractivity contribution in [3.05, 3.63) is 0 Å². The smallest absolute Gasteiger partial charge is 0.308 e. The Hall–Kier alpha value is -0.650. The Morgan fingerprint density at radius 3 is 2.62 bits per heavy atom. The average Bonchev–Trinajstić information content (AvgIpc) is 2.22. The molecule has 1 unspecified atom stereocenters. The number of hydrogen-bond acceptors (Lipinski definition) is 5. The number of ether oxygens (including phenoxy) is 2. The van der Waals surface area contributed by atoms with Crippen LogP contribution < -0.4 is 5.73 Å². The van der Waals surface area contributed by atoms with Crippen LogP contribution in [0.5, 0.6) is 0 Å². The number of carbonyl (C=O) groups is 1. The van der Waals surface area contributed by atoms with Crippen LogP contribution >= 0.6 is 0 Å². The molecule has 0 aromatic carbocycles. The first-order valence-electron chi connectivity index (χ1n) is 5.67. The lowest BCUT2D eigenvalue weighted by Crippen LogP contribution is -2.37. The third-order valence-electron chi connectivity index (χ3n) is 2.10. The Bertz CT molecular complexity index is 194. The fraction of sp³-hybridized carbons (Fsp3) is 0.909. The first kappa shape index (κ1) is 15.3. The van der Waals surface area contributed by atoms with E-state index in [9.17, 15) is 9.90 Å². The van der Waals surface area contributed by atoms with Crippen LogP contribution in [0.2, 0.25) is 0 Å². The second kappa shape index (κ2) is 8.50. The molecule has 5 heteroatoms. The molecule has 96 valence electrons. The van der Waals surface area contributed by atoms with E-state index in [2.05, 4.69) is 6.92 Å². The molecule has 0 aromatic rings. The molecular weight excluding hydrogens is 210 g/mol. The van der Waals surface area contributed by atoms with Gasteiger partial charge >= 0.3 is 5.97 Å². The number of hydrogen-bond donors (Lipinski definition) is 2. The highest BCUT2D eigenvalue weighted by Crippen LogP contribution is 2.07. The van der Waals surface area contributed by atoms with Gasteiger partial charge in [-0.3, -0.25) is 4.79 Å². The van der Waals surface area contributed by atoms with Crippen LogP contribution in [-0.2, 0) is 14.3 Å². The number of nitrogens with two attached hydrogens (primary N) is 1. The van der Waals surface area contributed by atoms with E-state index in [-0.39, 0.29) is 19.6 Å². The monoisotopic (exact) mass is 233 g/mol. The van der Waals surface area contributed by atoms with Gasteiger partial charge in [0.15, 0.2) is 0 Å². The van der Waals surface area contributed by atoms with E-state index in [1.807, 2.05) is 0 Å². The summed E-state index contributed by atoms with van der Waals surface area (Å²) in [6.45, 7) is 4.94. The lowest BCUT2D eigenvalue weighted by molar-refractivity contribution is -0.149. The summed E-state index contributed by atoms with van der Waals surface area (Å²) >= 11 is 0. The number of aliphatic hydroxyl groups is 1. The highest BCUT2D eigenvalue weighted by molar-refractivity contribution is 5.70. The molecule has 0 radical (unpaired) electrons. The minimum atomic E-state index is -1.18. The van der Waals surface area contributed by atoms with Crippen molar-refractivity contribution in [2.24, 2.45) is 5.73 Å². The van der Waals surface area contributed by atoms with Crippen molar-refractivity contribution in [1.82, 2.24) is 0 Å². The van der Waals surface area contributed by atoms with Crippen molar-refractivity contribution >= 4 is 5.97 Å². The number of carbonyl (C=O) groups excluding carboxylic acids is 1. The van der Waals surface area contributed by atoms with E-state index < -0.39 is 11.6 Å². The maximum absolute atomic E-state index is 11.2. The normalized spacial score (nSPS) is 14.5. The summed E-state index contributed by atoms with van der Waals surface area (Å²) < 4.78 is 10.1. The Balaban J connectivity index is 3.44. The standard InChI is InChI=1S/C11H23NO4/c1-3-4-5-15-6-7-16-10(13)8-11(2,14)9-12/h14H,3-9,12H2,1-2H3. The van der Waals surface area contributed by atoms with Crippen LogP contribution in [0.4, 0.5) is 0 Å². The van der Waals surface area contributed by atoms with E-state index in [0.29, 0.717) is 13.2 Å². The zero-order chi connectivity index (χ0) is 12.4. The predicted molar refractivity (Wildman–Crippen MR) is 61.0 cm³/mol. The molecule has 0 heterocycles. The topological polar surface area (TPSA) is 81.8 Å². The van der Waals surface area contributed by atoms with Gasteiger partial charge in [0.1, 0.15) is 6.61 Å². The first-order chi connectivity index (χ1) is 7.52. The van der Waals surface area contributed by atoms with Crippen LogP contribution in [-0.4, -0.2) is 43.0 Å². The number of esters is 1. The van der Waals surface area contributed by atoms with Gasteiger partial charge in [-0.05, 0) is 13.3 Å². The van der Waals surface area contributed by atoms with E-state index in [1.54, 1.807) is 0 Å². The summed E-state index contributed by atoms with van der Waals surface area (Å²) in [7, 11) is 0. The van der Waals surface area contributed by atoms with Gasteiger partial charge in [0.2, 0.25) is 0 Å². The highest BCUT2D eigenvalue weighted by atomic mass is 16.6. The third-order valence-corrected chi connectivity index (χ3v) is 2.10. The predicted octanol–water partition coefficient (Wildman–Crippen LogP) is 0.446. The van der Waals surface area contributed by atoms with Gasteiger partial charge in [-0.15, -0.1) is 0 Å². The van der Waals surface area contributed by atoms with E-state index in [1.165, 1.54) is 6.92 Å². The van der Waals surface area contributed by atoms with Crippen molar-refractivity contribution in [1.29, 1.82) is 0 Å². The molecule has 5 nitrogen and oxygen atoms in total. The van der Waals surface area contributed by atoms with Gasteiger partial charge < -0.3 is 20.3 Å². The molecule has 0 aliphatic heterocycles. The Morgan fingerprint density at radius 1 is 1.38 bits per heavy atom. The average molecular weight is 233 g/mol. The molecule has 0 aliphatic carbocycles. The zero-order valence-electron chi connectivity index (χ0n) is 10.2. The third kappa shape index (κ3) is 8.64. The van der Waals surface area contributed by atoms with Gasteiger partial charge in [0.25, 0.3) is 0 Å². The van der Waals surface area contributed by atoms with Gasteiger partial charge in [-0.1, -0.05) is 13.3 Å². The van der Waals surface area contributed by atoms with E-state index in [4.69, 9.17) is 15.2 Å². The van der Waals surface area contributed by atoms with Crippen molar-refractivity contribution < 1.29 is 19.4 Å². The summed E-state index contributed by atoms with van der Waals surface area (Å²) in [5.74, 6) is -0.449. The minimum absolute atomic E-state index is 0.0368. The largest absolute Gasteiger partial charge is 0.463 e. The molecule has 0 spiro atoms. The maximum atomic E-state index is 11.2. The molecule has 16 heavy (non-hydrogen) atoms. The summed E-state index contributed by atoms with van der Waals surface area (Å²) in [4.78, 5) is 11.2. The first-order valence-corrected chi connectivity index (χ1v) is 5.67. The summed E-state index contributed by atoms with van der Waals surface area (Å²) in [5, 5.41) is 9.51. The van der Waals surface area contributed by atoms with Crippen LogP contribution in [0.25, 0.3) is 0 Å². The molecule has 3 N–H and O–H groups in total. The van der Waals surface area contributed by atoms with Crippen molar-refractivity contribution in [3.63, 3.8) is 0 Å². The molecule has 0 amide bonds. The molecule has 0 bridgehead atoms. The second-order valence-corrected chi connectivity index (χ2v) is 4.06. The van der Waals surface area contributed by atoms with Gasteiger partial charge in [0, 0.05) is 13.2 Å². The molecule has 0 saturated heterocycles. The Labute approximate surface area is 96.9 Å². The minimum Gasteiger partial charge on any atom is -0.463 e. The summed E-state index contributed by atoms with van der Waals surface area (Å²) in [6, 6.07) is 0. The highest BCUT2D eigenvalue weighted by Gasteiger charge is 2.23. The van der Waals surface area contributed by atoms with Crippen molar-refractivity contribution in [3.8, 4) is 0 Å². The second-order valence-electron chi connectivity index (χ2n) is 4.06. The van der Waals surface area contributed by atoms with Crippen LogP contribution in [0.15, 0.2) is 0 Å². The Morgan fingerprint density at radius 2 is 2.06 bits per heavy atom. The molecular formula is C11H23NO4. The molecule has 0 fully saturated rings. The van der Waals surface area contributed by atoms with Crippen LogP contribution in [0.3, 0.4) is 0 Å². The number of rotatable bonds is 9. The molecule has 0 rings (SSSR count). The van der Waals surface area contributed by atoms with E-state index in [0.717, 1.165) is 12.8 Å². The summed E-state index contributed by atoms with van der Waals surface area (Å²) in [5.41, 5.74) is 4.10. The lowest BCUT2D eigenvalue weighted by Gasteiger charge is -2.19. The van der Waals surface area contributed by atoms with E-state index >= 15 is 0 Å². The molecule has 0 aromatic heterocycles. The van der Waals surface area contributed by atoms with Crippen LogP contribution in [0, 0.1) is 0 Å². The lowest BCUT2D eigenvalue weighted by atomic mass is 10.0. The number of unbranched alkanes of at least 4 members (excludes halogenated alkanes) is 1. The maximum Gasteiger partial charge on any atom is 0.308 e. The zero-order valence-corrected chi connectivity index (χ0v) is 10.2. The quantitative estimate of drug-likeness (QED) is 0.446. The van der Waals surface area contributed by atoms with Gasteiger partial charge in [-0.2, -0.15) is 0 Å². The molecule has 0 aliphatic rings. The molecule has 1 atom stereocenters. The Kier molecular flexibility index (Phi) is 8.15. The van der Waals surface area contributed by atoms with Crippen molar-refractivity contribution in [2.45, 2.75) is 38.7 Å². The van der Waals surface area contributed by atoms with Crippen molar-refractivity contribution in [2.75, 3.05) is 26.4 Å². The molecule has 0 saturated carbocycles. The SMILES string of the molecule is CCCCOCCOC(=O)CC(C)(O)CN. The summed E-state index contributed by atoms with van der Waals surface area (Å²) in [6.07, 6.45) is 2.01. The van der Waals surface area contributed by atoms with Gasteiger partial charge in [0.05, 0.1) is 18.6 Å². The van der Waals surface area contributed by atoms with Crippen LogP contribution in [0.1, 0.15) is 33.1 Å². The van der Waals surface area contributed by atoms with Gasteiger partial charge in [-0.25, -0.2) is 0 Å².